The Morgan fingerprint density at radius 2 is 2.13 bits per heavy atom. The van der Waals surface area contributed by atoms with E-state index in [0.717, 1.165) is 0 Å². The van der Waals surface area contributed by atoms with E-state index in [1.54, 1.807) is 20.8 Å². The van der Waals surface area contributed by atoms with Crippen LogP contribution >= 0.6 is 0 Å². The van der Waals surface area contributed by atoms with Gasteiger partial charge >= 0.3 is 5.97 Å². The van der Waals surface area contributed by atoms with Crippen LogP contribution in [0.15, 0.2) is 0 Å². The first-order valence-electron chi connectivity index (χ1n) is 5.05. The zero-order chi connectivity index (χ0) is 11.6. The number of carbonyl (C=O) groups is 1. The predicted octanol–water partition coefficient (Wildman–Crippen LogP) is -0.337. The van der Waals surface area contributed by atoms with E-state index < -0.39 is 23.7 Å². The van der Waals surface area contributed by atoms with E-state index in [-0.39, 0.29) is 12.5 Å². The van der Waals surface area contributed by atoms with Gasteiger partial charge in [0, 0.05) is 5.92 Å². The fraction of sp³-hybridized carbons (Fsp3) is 0.900. The number of rotatable bonds is 2. The number of esters is 1. The van der Waals surface area contributed by atoms with E-state index in [4.69, 9.17) is 15.2 Å². The molecule has 0 saturated carbocycles. The van der Waals surface area contributed by atoms with Crippen molar-refractivity contribution in [3.8, 4) is 0 Å². The minimum atomic E-state index is -0.818. The van der Waals surface area contributed by atoms with Crippen molar-refractivity contribution in [1.29, 1.82) is 0 Å². The molecule has 5 heteroatoms. The Hall–Kier alpha value is -0.650. The molecule has 5 nitrogen and oxygen atoms in total. The molecule has 1 saturated heterocycles. The van der Waals surface area contributed by atoms with Crippen molar-refractivity contribution in [2.45, 2.75) is 38.5 Å². The number of hydrogen-bond donors (Lipinski definition) is 2. The summed E-state index contributed by atoms with van der Waals surface area (Å²) in [6.45, 7) is 5.88. The van der Waals surface area contributed by atoms with Crippen LogP contribution in [0.5, 0.6) is 0 Å². The summed E-state index contributed by atoms with van der Waals surface area (Å²) >= 11 is 0. The van der Waals surface area contributed by atoms with Gasteiger partial charge in [-0.05, 0) is 20.8 Å². The van der Waals surface area contributed by atoms with Crippen LogP contribution in [0.3, 0.4) is 0 Å². The number of aliphatic hydroxyl groups is 1. The molecule has 0 bridgehead atoms. The molecule has 1 heterocycles. The van der Waals surface area contributed by atoms with Gasteiger partial charge < -0.3 is 20.3 Å². The normalized spacial score (nSPS) is 28.9. The lowest BCUT2D eigenvalue weighted by Gasteiger charge is -2.25. The van der Waals surface area contributed by atoms with E-state index in [1.807, 2.05) is 0 Å². The second kappa shape index (κ2) is 4.47. The van der Waals surface area contributed by atoms with E-state index in [9.17, 15) is 9.90 Å². The highest BCUT2D eigenvalue weighted by Crippen LogP contribution is 2.19. The first kappa shape index (κ1) is 12.4. The van der Waals surface area contributed by atoms with Gasteiger partial charge in [0.1, 0.15) is 11.6 Å². The standard InChI is InChI=1S/C10H19NO4/c1-10(2,3)15-9(13)8(11)6-4-14-5-7(6)12/h6-8,12H,4-5,11H2,1-3H3/t6-,7-,8-/m1/s1. The minimum absolute atomic E-state index is 0.237. The molecular weight excluding hydrogens is 198 g/mol. The fourth-order valence-electron chi connectivity index (χ4n) is 1.45. The SMILES string of the molecule is CC(C)(C)OC(=O)[C@H](N)[C@@H]1COC[C@H]1O. The van der Waals surface area contributed by atoms with Crippen LogP contribution < -0.4 is 5.73 Å². The van der Waals surface area contributed by atoms with Crippen molar-refractivity contribution in [2.24, 2.45) is 11.7 Å². The third-order valence-corrected chi connectivity index (χ3v) is 2.23. The minimum Gasteiger partial charge on any atom is -0.459 e. The molecule has 0 amide bonds. The monoisotopic (exact) mass is 217 g/mol. The average Bonchev–Trinajstić information content (AvgIpc) is 2.47. The van der Waals surface area contributed by atoms with Crippen LogP contribution in [0.25, 0.3) is 0 Å². The summed E-state index contributed by atoms with van der Waals surface area (Å²) < 4.78 is 10.2. The quantitative estimate of drug-likeness (QED) is 0.618. The number of aliphatic hydroxyl groups excluding tert-OH is 1. The summed E-state index contributed by atoms with van der Waals surface area (Å²) in [6, 6.07) is -0.818. The predicted molar refractivity (Wildman–Crippen MR) is 54.1 cm³/mol. The maximum atomic E-state index is 11.6. The zero-order valence-electron chi connectivity index (χ0n) is 9.40. The van der Waals surface area contributed by atoms with Crippen LogP contribution in [0, 0.1) is 5.92 Å². The van der Waals surface area contributed by atoms with Gasteiger partial charge in [-0.15, -0.1) is 0 Å². The number of nitrogens with two attached hydrogens (primary N) is 1. The molecule has 0 aromatic carbocycles. The number of ether oxygens (including phenoxy) is 2. The van der Waals surface area contributed by atoms with Crippen molar-refractivity contribution >= 4 is 5.97 Å². The lowest BCUT2D eigenvalue weighted by atomic mass is 9.97. The third kappa shape index (κ3) is 3.44. The first-order valence-corrected chi connectivity index (χ1v) is 5.05. The number of hydrogen-bond acceptors (Lipinski definition) is 5. The fourth-order valence-corrected chi connectivity index (χ4v) is 1.45. The lowest BCUT2D eigenvalue weighted by Crippen LogP contribution is -2.46. The molecule has 88 valence electrons. The Labute approximate surface area is 89.5 Å². The Bertz CT molecular complexity index is 236. The van der Waals surface area contributed by atoms with Gasteiger partial charge in [-0.1, -0.05) is 0 Å². The molecule has 1 aliphatic heterocycles. The molecule has 15 heavy (non-hydrogen) atoms. The van der Waals surface area contributed by atoms with Crippen molar-refractivity contribution in [1.82, 2.24) is 0 Å². The second-order valence-corrected chi connectivity index (χ2v) is 4.83. The van der Waals surface area contributed by atoms with Crippen LogP contribution in [-0.4, -0.2) is 42.0 Å². The van der Waals surface area contributed by atoms with Crippen LogP contribution in [0.4, 0.5) is 0 Å². The summed E-state index contributed by atoms with van der Waals surface area (Å²) in [4.78, 5) is 11.6. The van der Waals surface area contributed by atoms with E-state index in [2.05, 4.69) is 0 Å². The molecule has 1 aliphatic rings. The molecule has 0 radical (unpaired) electrons. The summed E-state index contributed by atoms with van der Waals surface area (Å²) in [5.74, 6) is -0.850. The highest BCUT2D eigenvalue weighted by atomic mass is 16.6. The summed E-state index contributed by atoms with van der Waals surface area (Å²) in [5.41, 5.74) is 5.15. The Morgan fingerprint density at radius 1 is 1.53 bits per heavy atom. The summed E-state index contributed by atoms with van der Waals surface area (Å²) in [6.07, 6.45) is -0.674. The molecule has 0 aromatic rings. The third-order valence-electron chi connectivity index (χ3n) is 2.23. The van der Waals surface area contributed by atoms with Gasteiger partial charge in [0.05, 0.1) is 19.3 Å². The van der Waals surface area contributed by atoms with Crippen LogP contribution in [0.1, 0.15) is 20.8 Å². The maximum absolute atomic E-state index is 11.6. The van der Waals surface area contributed by atoms with Crippen LogP contribution in [-0.2, 0) is 14.3 Å². The largest absolute Gasteiger partial charge is 0.459 e. The Morgan fingerprint density at radius 3 is 2.53 bits per heavy atom. The van der Waals surface area contributed by atoms with Crippen molar-refractivity contribution < 1.29 is 19.4 Å². The average molecular weight is 217 g/mol. The highest BCUT2D eigenvalue weighted by molar-refractivity contribution is 5.76. The van der Waals surface area contributed by atoms with Crippen LogP contribution in [0.2, 0.25) is 0 Å². The second-order valence-electron chi connectivity index (χ2n) is 4.83. The zero-order valence-corrected chi connectivity index (χ0v) is 9.40. The summed E-state index contributed by atoms with van der Waals surface area (Å²) in [7, 11) is 0. The number of carbonyl (C=O) groups excluding carboxylic acids is 1. The lowest BCUT2D eigenvalue weighted by molar-refractivity contribution is -0.158. The van der Waals surface area contributed by atoms with Gasteiger partial charge in [0.2, 0.25) is 0 Å². The first-order chi connectivity index (χ1) is 6.81. The molecule has 3 N–H and O–H groups in total. The molecule has 0 aromatic heterocycles. The highest BCUT2D eigenvalue weighted by Gasteiger charge is 2.37. The van der Waals surface area contributed by atoms with Gasteiger partial charge in [-0.25, -0.2) is 0 Å². The molecule has 0 unspecified atom stereocenters. The van der Waals surface area contributed by atoms with E-state index >= 15 is 0 Å². The molecular formula is C10H19NO4. The topological polar surface area (TPSA) is 81.8 Å². The van der Waals surface area contributed by atoms with E-state index in [1.165, 1.54) is 0 Å². The molecule has 1 fully saturated rings. The molecule has 0 spiro atoms. The van der Waals surface area contributed by atoms with Crippen molar-refractivity contribution in [2.75, 3.05) is 13.2 Å². The smallest absolute Gasteiger partial charge is 0.323 e. The van der Waals surface area contributed by atoms with Gasteiger partial charge in [-0.2, -0.15) is 0 Å². The van der Waals surface area contributed by atoms with Crippen molar-refractivity contribution in [3.63, 3.8) is 0 Å². The molecule has 0 aliphatic carbocycles. The Kier molecular flexibility index (Phi) is 3.70. The van der Waals surface area contributed by atoms with Gasteiger partial charge in [-0.3, -0.25) is 4.79 Å². The molecule has 3 atom stereocenters. The summed E-state index contributed by atoms with van der Waals surface area (Å²) in [5, 5.41) is 9.49. The molecule has 1 rings (SSSR count). The van der Waals surface area contributed by atoms with E-state index in [0.29, 0.717) is 6.61 Å². The maximum Gasteiger partial charge on any atom is 0.323 e. The van der Waals surface area contributed by atoms with Gasteiger partial charge in [0.15, 0.2) is 0 Å². The van der Waals surface area contributed by atoms with Gasteiger partial charge in [0.25, 0.3) is 0 Å². The Balaban J connectivity index is 2.52. The van der Waals surface area contributed by atoms with Crippen molar-refractivity contribution in [3.05, 3.63) is 0 Å².